The van der Waals surface area contributed by atoms with Crippen molar-refractivity contribution >= 4 is 47.4 Å². The zero-order valence-corrected chi connectivity index (χ0v) is 38.8. The van der Waals surface area contributed by atoms with Gasteiger partial charge >= 0.3 is 18.1 Å². The molecule has 10 N–H and O–H groups in total. The number of amides is 5. The molecule has 0 aliphatic carbocycles. The quantitative estimate of drug-likeness (QED) is 0.0338. The summed E-state index contributed by atoms with van der Waals surface area (Å²) in [5.74, 6) is -7.11. The van der Waals surface area contributed by atoms with Crippen LogP contribution in [0.3, 0.4) is 0 Å². The molecular weight excluding hydrogens is 926 g/mol. The van der Waals surface area contributed by atoms with Gasteiger partial charge in [0.1, 0.15) is 24.2 Å². The lowest BCUT2D eigenvalue weighted by Gasteiger charge is -2.39. The highest BCUT2D eigenvalue weighted by Gasteiger charge is 2.51. The summed E-state index contributed by atoms with van der Waals surface area (Å²) in [5.41, 5.74) is 15.0. The van der Waals surface area contributed by atoms with E-state index in [9.17, 15) is 47.0 Å². The Morgan fingerprint density at radius 1 is 0.732 bits per heavy atom. The van der Waals surface area contributed by atoms with Crippen molar-refractivity contribution in [2.45, 2.75) is 100 Å². The van der Waals surface area contributed by atoms with Gasteiger partial charge in [-0.25, -0.2) is 4.79 Å². The monoisotopic (exact) mass is 984 g/mol. The molecule has 71 heavy (non-hydrogen) atoms. The van der Waals surface area contributed by atoms with Gasteiger partial charge in [-0.3, -0.25) is 33.8 Å². The number of nitrogens with one attached hydrogen (secondary N) is 4. The van der Waals surface area contributed by atoms with Crippen LogP contribution in [-0.4, -0.2) is 112 Å². The molecule has 2 aliphatic heterocycles. The standard InChI is InChI=1S/C49H58N8O7.C2HF3O2/c50-49(51)53-26-13-22-38(46(62)56-40(31-44(59)60)45(61)52-27-25-37(34-18-9-3-10-19-34)35-20-11-4-12-21-35)55-47(63)42-30-36(28-32-14-5-1-6-15-32)41-24-23-39(48(64)57(41)42)54-43(58)29-33-16-7-2-8-17-33;3-2(4,5)1(6)7/h1-12,14-21,36-42H,13,22-31H2,(H,52,61)(H,54,58)(H,55,63)(H,56,62)(H,59,60)(H4,50,51,53);(H,6,7)/t36?,38?,39?,40-,41?,42-;/m0./s1. The van der Waals surface area contributed by atoms with E-state index >= 15 is 0 Å². The summed E-state index contributed by atoms with van der Waals surface area (Å²) in [6.45, 7) is 0.313. The first-order valence-corrected chi connectivity index (χ1v) is 23.2. The zero-order valence-electron chi connectivity index (χ0n) is 38.8. The molecule has 20 heteroatoms. The Morgan fingerprint density at radius 3 is 1.82 bits per heavy atom. The summed E-state index contributed by atoms with van der Waals surface area (Å²) in [7, 11) is 0. The molecule has 0 aromatic heterocycles. The number of carbonyl (C=O) groups excluding carboxylic acids is 5. The van der Waals surface area contributed by atoms with E-state index in [-0.39, 0.29) is 68.0 Å². The summed E-state index contributed by atoms with van der Waals surface area (Å²) in [5, 5.41) is 28.1. The molecular formula is C51H59F3N8O9. The van der Waals surface area contributed by atoms with Crippen LogP contribution in [-0.2, 0) is 46.4 Å². The summed E-state index contributed by atoms with van der Waals surface area (Å²) in [6, 6.07) is 33.8. The van der Waals surface area contributed by atoms with Crippen LogP contribution in [0, 0.1) is 5.92 Å². The Hall–Kier alpha value is -7.77. The number of fused-ring (bicyclic) bond motifs is 1. The van der Waals surface area contributed by atoms with Crippen LogP contribution in [0.5, 0.6) is 0 Å². The molecule has 378 valence electrons. The highest BCUT2D eigenvalue weighted by Crippen LogP contribution is 2.39. The molecule has 6 atom stereocenters. The molecule has 4 aromatic rings. The number of alkyl halides is 3. The molecule has 17 nitrogen and oxygen atoms in total. The molecule has 5 amide bonds. The van der Waals surface area contributed by atoms with Crippen molar-refractivity contribution in [2.75, 3.05) is 13.1 Å². The Morgan fingerprint density at radius 2 is 1.28 bits per heavy atom. The smallest absolute Gasteiger partial charge is 0.481 e. The van der Waals surface area contributed by atoms with E-state index in [4.69, 9.17) is 21.4 Å². The van der Waals surface area contributed by atoms with E-state index in [1.807, 2.05) is 121 Å². The second-order valence-corrected chi connectivity index (χ2v) is 17.3. The summed E-state index contributed by atoms with van der Waals surface area (Å²) in [4.78, 5) is 96.3. The van der Waals surface area contributed by atoms with Gasteiger partial charge in [0.2, 0.25) is 29.5 Å². The highest BCUT2D eigenvalue weighted by molar-refractivity contribution is 5.97. The maximum atomic E-state index is 14.5. The number of nitrogens with zero attached hydrogens (tertiary/aromatic N) is 2. The third-order valence-electron chi connectivity index (χ3n) is 12.2. The minimum absolute atomic E-state index is 0.0291. The number of piperidine rings is 1. The number of hydrogen-bond donors (Lipinski definition) is 8. The first-order valence-electron chi connectivity index (χ1n) is 23.2. The Labute approximate surface area is 408 Å². The summed E-state index contributed by atoms with van der Waals surface area (Å²) >= 11 is 0. The SMILES string of the molecule is NC(N)=NCCCC(NC(=O)[C@@H]1CC(Cc2ccccc2)C2CCC(NC(=O)Cc3ccccc3)C(=O)N21)C(=O)N[C@@H](CC(=O)O)C(=O)NCCC(c1ccccc1)c1ccccc1.O=C(O)C(F)(F)F. The van der Waals surface area contributed by atoms with Crippen LogP contribution in [0.1, 0.15) is 73.1 Å². The Bertz CT molecular complexity index is 2410. The third-order valence-corrected chi connectivity index (χ3v) is 12.2. The fraction of sp³-hybridized carbons (Fsp3) is 0.373. The fourth-order valence-corrected chi connectivity index (χ4v) is 8.93. The first-order chi connectivity index (χ1) is 33.9. The predicted octanol–water partition coefficient (Wildman–Crippen LogP) is 3.81. The summed E-state index contributed by atoms with van der Waals surface area (Å²) < 4.78 is 31.7. The minimum atomic E-state index is -5.08. The van der Waals surface area contributed by atoms with Crippen molar-refractivity contribution in [2.24, 2.45) is 22.4 Å². The Kier molecular flexibility index (Phi) is 20.0. The molecule has 6 rings (SSSR count). The number of carboxylic acid groups (broad SMARTS) is 2. The molecule has 0 saturated carbocycles. The molecule has 0 radical (unpaired) electrons. The number of halogens is 3. The lowest BCUT2D eigenvalue weighted by molar-refractivity contribution is -0.192. The zero-order chi connectivity index (χ0) is 51.5. The second-order valence-electron chi connectivity index (χ2n) is 17.3. The van der Waals surface area contributed by atoms with Gasteiger partial charge < -0.3 is 47.8 Å². The molecule has 2 saturated heterocycles. The second kappa shape index (κ2) is 26.3. The molecule has 0 spiro atoms. The van der Waals surface area contributed by atoms with E-state index in [0.29, 0.717) is 32.1 Å². The van der Waals surface area contributed by atoms with Gasteiger partial charge in [-0.05, 0) is 73.1 Å². The number of benzene rings is 4. The van der Waals surface area contributed by atoms with E-state index in [2.05, 4.69) is 26.3 Å². The molecule has 4 aromatic carbocycles. The minimum Gasteiger partial charge on any atom is -0.481 e. The van der Waals surface area contributed by atoms with Crippen molar-refractivity contribution in [1.29, 1.82) is 0 Å². The van der Waals surface area contributed by atoms with Crippen LogP contribution < -0.4 is 32.7 Å². The number of aliphatic carboxylic acids is 2. The van der Waals surface area contributed by atoms with Gasteiger partial charge in [0.25, 0.3) is 0 Å². The van der Waals surface area contributed by atoms with Gasteiger partial charge in [0.15, 0.2) is 5.96 Å². The maximum Gasteiger partial charge on any atom is 0.490 e. The van der Waals surface area contributed by atoms with Crippen molar-refractivity contribution in [1.82, 2.24) is 26.2 Å². The number of guanidine groups is 1. The van der Waals surface area contributed by atoms with Crippen LogP contribution in [0.4, 0.5) is 13.2 Å². The topological polar surface area (TPSA) is 276 Å². The molecule has 0 bridgehead atoms. The van der Waals surface area contributed by atoms with Crippen molar-refractivity contribution < 1.29 is 56.9 Å². The van der Waals surface area contributed by atoms with Crippen LogP contribution in [0.15, 0.2) is 126 Å². The number of carboxylic acids is 2. The number of aliphatic imine (C=N–C) groups is 1. The maximum absolute atomic E-state index is 14.5. The molecule has 2 aliphatic rings. The average molecular weight is 985 g/mol. The van der Waals surface area contributed by atoms with Crippen molar-refractivity contribution in [3.05, 3.63) is 144 Å². The van der Waals surface area contributed by atoms with Gasteiger partial charge in [0, 0.05) is 25.0 Å². The lowest BCUT2D eigenvalue weighted by Crippen LogP contribution is -2.61. The molecule has 2 heterocycles. The van der Waals surface area contributed by atoms with Crippen LogP contribution in [0.25, 0.3) is 0 Å². The average Bonchev–Trinajstić information content (AvgIpc) is 3.71. The molecule has 2 fully saturated rings. The summed E-state index contributed by atoms with van der Waals surface area (Å²) in [6.07, 6.45) is -3.06. The number of nitrogens with two attached hydrogens (primary N) is 2. The van der Waals surface area contributed by atoms with Crippen molar-refractivity contribution in [3.8, 4) is 0 Å². The van der Waals surface area contributed by atoms with Crippen LogP contribution >= 0.6 is 0 Å². The normalized spacial score (nSPS) is 18.1. The van der Waals surface area contributed by atoms with Gasteiger partial charge in [-0.2, -0.15) is 13.2 Å². The largest absolute Gasteiger partial charge is 0.490 e. The first kappa shape index (κ1) is 54.2. The molecule has 4 unspecified atom stereocenters. The highest BCUT2D eigenvalue weighted by atomic mass is 19.4. The predicted molar refractivity (Wildman–Crippen MR) is 256 cm³/mol. The van der Waals surface area contributed by atoms with E-state index in [0.717, 1.165) is 22.3 Å². The van der Waals surface area contributed by atoms with E-state index < -0.39 is 66.4 Å². The van der Waals surface area contributed by atoms with E-state index in [1.165, 1.54) is 0 Å². The number of rotatable bonds is 21. The van der Waals surface area contributed by atoms with Gasteiger partial charge in [-0.1, -0.05) is 121 Å². The van der Waals surface area contributed by atoms with Gasteiger partial charge in [-0.15, -0.1) is 0 Å². The van der Waals surface area contributed by atoms with Crippen molar-refractivity contribution in [3.63, 3.8) is 0 Å². The van der Waals surface area contributed by atoms with E-state index in [1.54, 1.807) is 4.90 Å². The Balaban J connectivity index is 0.00000124. The third kappa shape index (κ3) is 16.7. The number of hydrogen-bond acceptors (Lipinski definition) is 8. The lowest BCUT2D eigenvalue weighted by atomic mass is 9.86. The van der Waals surface area contributed by atoms with Crippen LogP contribution in [0.2, 0.25) is 0 Å². The van der Waals surface area contributed by atoms with Gasteiger partial charge in [0.05, 0.1) is 12.8 Å². The fourth-order valence-electron chi connectivity index (χ4n) is 8.93. The number of carbonyl (C=O) groups is 7.